The van der Waals surface area contributed by atoms with Gasteiger partial charge in [-0.15, -0.1) is 0 Å². The van der Waals surface area contributed by atoms with Crippen molar-refractivity contribution in [2.75, 3.05) is 18.0 Å². The Morgan fingerprint density at radius 1 is 1.34 bits per heavy atom. The second kappa shape index (κ2) is 7.65. The highest BCUT2D eigenvalue weighted by atomic mass is 19.1. The molecular formula is C23H26FN5O3. The molecule has 5 rings (SSSR count). The number of aromatic amines is 1. The van der Waals surface area contributed by atoms with Crippen molar-refractivity contribution in [1.29, 1.82) is 0 Å². The molecule has 0 bridgehead atoms. The van der Waals surface area contributed by atoms with E-state index in [1.54, 1.807) is 18.5 Å². The largest absolute Gasteiger partial charge is 0.465 e. The lowest BCUT2D eigenvalue weighted by Gasteiger charge is -2.26. The molecule has 1 aromatic carbocycles. The first-order valence-electron chi connectivity index (χ1n) is 11.0. The number of anilines is 1. The highest BCUT2D eigenvalue weighted by Crippen LogP contribution is 2.42. The van der Waals surface area contributed by atoms with Crippen molar-refractivity contribution < 1.29 is 14.3 Å². The fraction of sp³-hybridized carbons (Fsp3) is 0.435. The van der Waals surface area contributed by atoms with Crippen LogP contribution in [0.15, 0.2) is 29.3 Å². The smallest absolute Gasteiger partial charge is 0.404 e. The maximum atomic E-state index is 15.6. The summed E-state index contributed by atoms with van der Waals surface area (Å²) in [6.07, 6.45) is 4.94. The van der Waals surface area contributed by atoms with E-state index in [0.717, 1.165) is 35.9 Å². The topological polar surface area (TPSA) is 103 Å². The van der Waals surface area contributed by atoms with E-state index in [-0.39, 0.29) is 29.4 Å². The molecule has 1 amide bonds. The predicted molar refractivity (Wildman–Crippen MR) is 120 cm³/mol. The Morgan fingerprint density at radius 3 is 2.78 bits per heavy atom. The number of carbonyl (C=O) groups is 1. The maximum absolute atomic E-state index is 15.6. The lowest BCUT2D eigenvalue weighted by atomic mass is 9.99. The number of rotatable bonds is 5. The Balaban J connectivity index is 1.64. The van der Waals surface area contributed by atoms with Crippen LogP contribution in [0, 0.1) is 18.7 Å². The van der Waals surface area contributed by atoms with Crippen LogP contribution in [0.1, 0.15) is 37.8 Å². The highest BCUT2D eigenvalue weighted by molar-refractivity contribution is 5.98. The molecule has 2 aromatic heterocycles. The van der Waals surface area contributed by atoms with Gasteiger partial charge in [-0.2, -0.15) is 5.10 Å². The SMILES string of the molecule is Cc1c(N2CCC([C@H](C)NC(=O)O)C2)c(F)cc2c(-c3cn[nH]c3)cc(=O)n(C3CC3)c12. The first-order chi connectivity index (χ1) is 15.3. The molecule has 32 heavy (non-hydrogen) atoms. The van der Waals surface area contributed by atoms with E-state index in [1.807, 2.05) is 23.3 Å². The van der Waals surface area contributed by atoms with Crippen LogP contribution >= 0.6 is 0 Å². The van der Waals surface area contributed by atoms with Gasteiger partial charge in [-0.05, 0) is 56.2 Å². The summed E-state index contributed by atoms with van der Waals surface area (Å²) in [6.45, 7) is 4.91. The molecule has 1 unspecified atom stereocenters. The molecule has 3 heterocycles. The van der Waals surface area contributed by atoms with E-state index < -0.39 is 6.09 Å². The van der Waals surface area contributed by atoms with Crippen molar-refractivity contribution in [1.82, 2.24) is 20.1 Å². The first-order valence-corrected chi connectivity index (χ1v) is 11.0. The van der Waals surface area contributed by atoms with Gasteiger partial charge < -0.3 is 19.9 Å². The summed E-state index contributed by atoms with van der Waals surface area (Å²) >= 11 is 0. The minimum atomic E-state index is -1.05. The molecular weight excluding hydrogens is 413 g/mol. The predicted octanol–water partition coefficient (Wildman–Crippen LogP) is 3.66. The molecule has 168 valence electrons. The summed E-state index contributed by atoms with van der Waals surface area (Å²) in [4.78, 5) is 26.1. The molecule has 0 radical (unpaired) electrons. The molecule has 9 heteroatoms. The lowest BCUT2D eigenvalue weighted by Crippen LogP contribution is -2.38. The molecule has 2 atom stereocenters. The minimum absolute atomic E-state index is 0.0866. The number of aromatic nitrogens is 3. The van der Waals surface area contributed by atoms with Crippen LogP contribution in [0.25, 0.3) is 22.0 Å². The van der Waals surface area contributed by atoms with Gasteiger partial charge in [0.05, 0.1) is 17.4 Å². The van der Waals surface area contributed by atoms with Crippen LogP contribution in [-0.2, 0) is 0 Å². The van der Waals surface area contributed by atoms with Gasteiger partial charge in [0.2, 0.25) is 0 Å². The quantitative estimate of drug-likeness (QED) is 0.563. The fourth-order valence-electron chi connectivity index (χ4n) is 5.09. The van der Waals surface area contributed by atoms with Crippen molar-refractivity contribution in [2.24, 2.45) is 5.92 Å². The average molecular weight is 439 g/mol. The normalized spacial score (nSPS) is 19.5. The average Bonchev–Trinajstić information content (AvgIpc) is 3.21. The molecule has 1 saturated carbocycles. The van der Waals surface area contributed by atoms with E-state index in [0.29, 0.717) is 29.7 Å². The van der Waals surface area contributed by atoms with E-state index in [9.17, 15) is 9.59 Å². The van der Waals surface area contributed by atoms with E-state index in [1.165, 1.54) is 6.07 Å². The van der Waals surface area contributed by atoms with Crippen molar-refractivity contribution in [3.8, 4) is 11.1 Å². The number of fused-ring (bicyclic) bond motifs is 1. The van der Waals surface area contributed by atoms with Crippen molar-refractivity contribution in [2.45, 2.75) is 45.2 Å². The number of carboxylic acid groups (broad SMARTS) is 1. The zero-order valence-electron chi connectivity index (χ0n) is 18.1. The number of halogens is 1. The van der Waals surface area contributed by atoms with Gasteiger partial charge in [-0.1, -0.05) is 0 Å². The number of hydrogen-bond donors (Lipinski definition) is 3. The van der Waals surface area contributed by atoms with Crippen LogP contribution in [0.2, 0.25) is 0 Å². The van der Waals surface area contributed by atoms with Crippen LogP contribution in [0.5, 0.6) is 0 Å². The van der Waals surface area contributed by atoms with E-state index >= 15 is 4.39 Å². The number of pyridine rings is 1. The van der Waals surface area contributed by atoms with Crippen LogP contribution < -0.4 is 15.8 Å². The Hall–Kier alpha value is -3.36. The van der Waals surface area contributed by atoms with Gasteiger partial charge in [0.1, 0.15) is 5.82 Å². The monoisotopic (exact) mass is 439 g/mol. The third kappa shape index (κ3) is 3.41. The molecule has 0 spiro atoms. The molecule has 1 saturated heterocycles. The van der Waals surface area contributed by atoms with Gasteiger partial charge in [-0.25, -0.2) is 9.18 Å². The molecule has 1 aliphatic carbocycles. The van der Waals surface area contributed by atoms with Gasteiger partial charge in [-0.3, -0.25) is 9.89 Å². The Morgan fingerprint density at radius 2 is 2.12 bits per heavy atom. The van der Waals surface area contributed by atoms with Crippen LogP contribution in [0.3, 0.4) is 0 Å². The Kier molecular flexibility index (Phi) is 4.91. The molecule has 2 aliphatic rings. The van der Waals surface area contributed by atoms with Gasteiger partial charge in [0.15, 0.2) is 0 Å². The van der Waals surface area contributed by atoms with Crippen molar-refractivity contribution in [3.63, 3.8) is 0 Å². The summed E-state index contributed by atoms with van der Waals surface area (Å²) in [5.74, 6) is -0.247. The van der Waals surface area contributed by atoms with Crippen molar-refractivity contribution >= 4 is 22.7 Å². The fourth-order valence-corrected chi connectivity index (χ4v) is 5.09. The maximum Gasteiger partial charge on any atom is 0.404 e. The lowest BCUT2D eigenvalue weighted by molar-refractivity contribution is 0.186. The number of aryl methyl sites for hydroxylation is 1. The number of benzene rings is 1. The van der Waals surface area contributed by atoms with Crippen LogP contribution in [0.4, 0.5) is 14.9 Å². The summed E-state index contributed by atoms with van der Waals surface area (Å²) in [7, 11) is 0. The van der Waals surface area contributed by atoms with Gasteiger partial charge >= 0.3 is 6.09 Å². The summed E-state index contributed by atoms with van der Waals surface area (Å²) in [6, 6.07) is 3.03. The molecule has 8 nitrogen and oxygen atoms in total. The number of nitrogens with one attached hydrogen (secondary N) is 2. The summed E-state index contributed by atoms with van der Waals surface area (Å²) in [5, 5.41) is 19.0. The van der Waals surface area contributed by atoms with E-state index in [4.69, 9.17) is 5.11 Å². The standard InChI is InChI=1S/C23H26FN5O3/c1-12-21-18(17(15-9-25-26-10-15)8-20(30)29(21)16-3-4-16)7-19(24)22(12)28-6-5-14(11-28)13(2)27-23(31)32/h7-10,13-14,16,27H,3-6,11H2,1-2H3,(H,25,26)(H,31,32)/t13-,14?/m0/s1. The molecule has 3 aromatic rings. The minimum Gasteiger partial charge on any atom is -0.465 e. The van der Waals surface area contributed by atoms with Gasteiger partial charge in [0, 0.05) is 48.4 Å². The number of nitrogens with zero attached hydrogens (tertiary/aromatic N) is 3. The zero-order valence-corrected chi connectivity index (χ0v) is 18.1. The molecule has 1 aliphatic heterocycles. The summed E-state index contributed by atoms with van der Waals surface area (Å²) in [5.41, 5.74) is 3.34. The Bertz CT molecular complexity index is 1250. The first kappa shape index (κ1) is 20.5. The molecule has 2 fully saturated rings. The highest BCUT2D eigenvalue weighted by Gasteiger charge is 2.33. The third-order valence-corrected chi connectivity index (χ3v) is 6.82. The number of amides is 1. The zero-order chi connectivity index (χ0) is 22.6. The Labute approximate surface area is 184 Å². The second-order valence-electron chi connectivity index (χ2n) is 8.95. The summed E-state index contributed by atoms with van der Waals surface area (Å²) < 4.78 is 17.4. The third-order valence-electron chi connectivity index (χ3n) is 6.82. The van der Waals surface area contributed by atoms with Gasteiger partial charge in [0.25, 0.3) is 5.56 Å². The number of hydrogen-bond acceptors (Lipinski definition) is 4. The van der Waals surface area contributed by atoms with E-state index in [2.05, 4.69) is 15.5 Å². The van der Waals surface area contributed by atoms with Crippen molar-refractivity contribution in [3.05, 3.63) is 46.3 Å². The number of H-pyrrole nitrogens is 1. The van der Waals surface area contributed by atoms with Crippen LogP contribution in [-0.4, -0.2) is 45.1 Å². The molecule has 3 N–H and O–H groups in total. The second-order valence-corrected chi connectivity index (χ2v) is 8.95.